The summed E-state index contributed by atoms with van der Waals surface area (Å²) in [6.07, 6.45) is 2.95. The van der Waals surface area contributed by atoms with Crippen molar-refractivity contribution in [3.8, 4) is 0 Å². The molecule has 3 N–H and O–H groups in total. The second-order valence-electron chi connectivity index (χ2n) is 4.21. The highest BCUT2D eigenvalue weighted by Crippen LogP contribution is 2.48. The number of nitrogens with one attached hydrogen (secondary N) is 1. The van der Waals surface area contributed by atoms with E-state index < -0.39 is 6.10 Å². The molecule has 0 aromatic rings. The Morgan fingerprint density at radius 3 is 2.71 bits per heavy atom. The molecular formula is C10H21NO3. The lowest BCUT2D eigenvalue weighted by molar-refractivity contribution is 0.0923. The number of hydrogen-bond donors (Lipinski definition) is 3. The van der Waals surface area contributed by atoms with Crippen LogP contribution in [0.1, 0.15) is 19.3 Å². The van der Waals surface area contributed by atoms with Crippen molar-refractivity contribution in [2.24, 2.45) is 5.41 Å². The Bertz CT molecular complexity index is 159. The maximum absolute atomic E-state index is 9.11. The maximum Gasteiger partial charge on any atom is 0.0894 e. The Hall–Kier alpha value is -0.160. The van der Waals surface area contributed by atoms with E-state index in [2.05, 4.69) is 5.32 Å². The summed E-state index contributed by atoms with van der Waals surface area (Å²) in [5.74, 6) is 0. The van der Waals surface area contributed by atoms with Crippen molar-refractivity contribution in [3.05, 3.63) is 0 Å². The molecule has 1 aliphatic rings. The lowest BCUT2D eigenvalue weighted by atomic mass is 10.0. The van der Waals surface area contributed by atoms with Gasteiger partial charge in [-0.25, -0.2) is 0 Å². The van der Waals surface area contributed by atoms with Crippen molar-refractivity contribution in [2.75, 3.05) is 33.4 Å². The van der Waals surface area contributed by atoms with Crippen LogP contribution in [0.25, 0.3) is 0 Å². The third-order valence-corrected chi connectivity index (χ3v) is 2.88. The lowest BCUT2D eigenvalue weighted by Crippen LogP contribution is -2.33. The predicted molar refractivity (Wildman–Crippen MR) is 54.1 cm³/mol. The highest BCUT2D eigenvalue weighted by Gasteiger charge is 2.41. The molecule has 0 radical (unpaired) electrons. The Balaban J connectivity index is 2.05. The van der Waals surface area contributed by atoms with E-state index in [0.29, 0.717) is 12.0 Å². The molecule has 0 unspecified atom stereocenters. The largest absolute Gasteiger partial charge is 0.394 e. The van der Waals surface area contributed by atoms with Crippen LogP contribution in [0.15, 0.2) is 0 Å². The molecule has 14 heavy (non-hydrogen) atoms. The minimum Gasteiger partial charge on any atom is -0.394 e. The second-order valence-corrected chi connectivity index (χ2v) is 4.21. The zero-order chi connectivity index (χ0) is 10.4. The van der Waals surface area contributed by atoms with Gasteiger partial charge in [0.1, 0.15) is 0 Å². The summed E-state index contributed by atoms with van der Waals surface area (Å²) in [6.45, 7) is 2.04. The molecule has 1 rings (SSSR count). The van der Waals surface area contributed by atoms with Crippen LogP contribution in [0.3, 0.4) is 0 Å². The van der Waals surface area contributed by atoms with Crippen LogP contribution in [0.4, 0.5) is 0 Å². The van der Waals surface area contributed by atoms with Gasteiger partial charge in [-0.15, -0.1) is 0 Å². The van der Waals surface area contributed by atoms with Gasteiger partial charge in [0.25, 0.3) is 0 Å². The van der Waals surface area contributed by atoms with E-state index in [1.54, 1.807) is 7.11 Å². The van der Waals surface area contributed by atoms with Crippen molar-refractivity contribution >= 4 is 0 Å². The van der Waals surface area contributed by atoms with E-state index in [1.165, 1.54) is 12.8 Å². The Labute approximate surface area is 85.3 Å². The standard InChI is InChI=1S/C10H21NO3/c1-14-5-4-10(2-3-10)8-11-6-9(13)7-12/h9,11-13H,2-8H2,1H3/t9-/m0/s1. The molecule has 4 heteroatoms. The number of hydrogen-bond acceptors (Lipinski definition) is 4. The topological polar surface area (TPSA) is 61.7 Å². The summed E-state index contributed by atoms with van der Waals surface area (Å²) in [7, 11) is 1.72. The molecule has 0 amide bonds. The third kappa shape index (κ3) is 3.92. The highest BCUT2D eigenvalue weighted by atomic mass is 16.5. The third-order valence-electron chi connectivity index (χ3n) is 2.88. The monoisotopic (exact) mass is 203 g/mol. The van der Waals surface area contributed by atoms with E-state index in [-0.39, 0.29) is 6.61 Å². The van der Waals surface area contributed by atoms with Crippen molar-refractivity contribution < 1.29 is 14.9 Å². The first-order valence-corrected chi connectivity index (χ1v) is 5.21. The fraction of sp³-hybridized carbons (Fsp3) is 1.00. The van der Waals surface area contributed by atoms with Crippen LogP contribution >= 0.6 is 0 Å². The van der Waals surface area contributed by atoms with Crippen molar-refractivity contribution in [1.82, 2.24) is 5.32 Å². The molecule has 0 bridgehead atoms. The van der Waals surface area contributed by atoms with Crippen LogP contribution < -0.4 is 5.32 Å². The van der Waals surface area contributed by atoms with Gasteiger partial charge in [0.2, 0.25) is 0 Å². The summed E-state index contributed by atoms with van der Waals surface area (Å²) >= 11 is 0. The lowest BCUT2D eigenvalue weighted by Gasteiger charge is -2.16. The first-order valence-electron chi connectivity index (χ1n) is 5.21. The van der Waals surface area contributed by atoms with Crippen molar-refractivity contribution in [1.29, 1.82) is 0 Å². The first kappa shape index (κ1) is 11.9. The predicted octanol–water partition coefficient (Wildman–Crippen LogP) is -0.254. The van der Waals surface area contributed by atoms with E-state index in [0.717, 1.165) is 19.6 Å². The SMILES string of the molecule is COCCC1(CNC[C@H](O)CO)CC1. The summed E-state index contributed by atoms with van der Waals surface area (Å²) in [6, 6.07) is 0. The molecule has 1 fully saturated rings. The van der Waals surface area contributed by atoms with Gasteiger partial charge in [0.15, 0.2) is 0 Å². The van der Waals surface area contributed by atoms with E-state index in [4.69, 9.17) is 14.9 Å². The number of ether oxygens (including phenoxy) is 1. The average Bonchev–Trinajstić information content (AvgIpc) is 2.95. The van der Waals surface area contributed by atoms with Gasteiger partial charge < -0.3 is 20.3 Å². The molecule has 4 nitrogen and oxygen atoms in total. The highest BCUT2D eigenvalue weighted by molar-refractivity contribution is 4.94. The summed E-state index contributed by atoms with van der Waals surface area (Å²) in [4.78, 5) is 0. The normalized spacial score (nSPS) is 20.8. The number of aliphatic hydroxyl groups is 2. The zero-order valence-electron chi connectivity index (χ0n) is 8.83. The Morgan fingerprint density at radius 2 is 2.21 bits per heavy atom. The van der Waals surface area contributed by atoms with Gasteiger partial charge >= 0.3 is 0 Å². The fourth-order valence-electron chi connectivity index (χ4n) is 1.58. The van der Waals surface area contributed by atoms with Crippen LogP contribution in [0, 0.1) is 5.41 Å². The van der Waals surface area contributed by atoms with Crippen molar-refractivity contribution in [2.45, 2.75) is 25.4 Å². The smallest absolute Gasteiger partial charge is 0.0894 e. The quantitative estimate of drug-likeness (QED) is 0.509. The molecular weight excluding hydrogens is 182 g/mol. The molecule has 0 spiro atoms. The Kier molecular flexibility index (Phi) is 4.81. The fourth-order valence-corrected chi connectivity index (χ4v) is 1.58. The van der Waals surface area contributed by atoms with Gasteiger partial charge in [-0.2, -0.15) is 0 Å². The van der Waals surface area contributed by atoms with Gasteiger partial charge in [0, 0.05) is 26.8 Å². The molecule has 84 valence electrons. The van der Waals surface area contributed by atoms with E-state index in [9.17, 15) is 0 Å². The van der Waals surface area contributed by atoms with E-state index in [1.807, 2.05) is 0 Å². The van der Waals surface area contributed by atoms with Crippen LogP contribution in [-0.2, 0) is 4.74 Å². The molecule has 0 aromatic carbocycles. The average molecular weight is 203 g/mol. The zero-order valence-corrected chi connectivity index (χ0v) is 8.83. The summed E-state index contributed by atoms with van der Waals surface area (Å²) in [5, 5.41) is 20.9. The molecule has 1 aliphatic carbocycles. The molecule has 1 saturated carbocycles. The molecule has 0 aromatic heterocycles. The van der Waals surface area contributed by atoms with Crippen LogP contribution in [-0.4, -0.2) is 49.7 Å². The van der Waals surface area contributed by atoms with Gasteiger partial charge in [0.05, 0.1) is 12.7 Å². The van der Waals surface area contributed by atoms with Crippen LogP contribution in [0.5, 0.6) is 0 Å². The van der Waals surface area contributed by atoms with Gasteiger partial charge in [-0.1, -0.05) is 0 Å². The first-order chi connectivity index (χ1) is 6.72. The van der Waals surface area contributed by atoms with Gasteiger partial charge in [-0.3, -0.25) is 0 Å². The number of methoxy groups -OCH3 is 1. The maximum atomic E-state index is 9.11. The van der Waals surface area contributed by atoms with Gasteiger partial charge in [-0.05, 0) is 24.7 Å². The Morgan fingerprint density at radius 1 is 1.50 bits per heavy atom. The second kappa shape index (κ2) is 5.66. The molecule has 0 heterocycles. The summed E-state index contributed by atoms with van der Waals surface area (Å²) < 4.78 is 5.05. The number of aliphatic hydroxyl groups excluding tert-OH is 2. The minimum absolute atomic E-state index is 0.169. The van der Waals surface area contributed by atoms with E-state index >= 15 is 0 Å². The van der Waals surface area contributed by atoms with Crippen LogP contribution in [0.2, 0.25) is 0 Å². The van der Waals surface area contributed by atoms with Crippen molar-refractivity contribution in [3.63, 3.8) is 0 Å². The molecule has 0 saturated heterocycles. The number of rotatable bonds is 8. The minimum atomic E-state index is -0.631. The molecule has 1 atom stereocenters. The molecule has 0 aliphatic heterocycles. The summed E-state index contributed by atoms with van der Waals surface area (Å²) in [5.41, 5.74) is 0.408.